The highest BCUT2D eigenvalue weighted by atomic mass is 16.5. The molecule has 132 valence electrons. The fourth-order valence-corrected chi connectivity index (χ4v) is 4.01. The van der Waals surface area contributed by atoms with Gasteiger partial charge in [0, 0.05) is 19.1 Å². The van der Waals surface area contributed by atoms with E-state index in [1.165, 1.54) is 30.4 Å². The number of amides is 1. The fraction of sp³-hybridized carbons (Fsp3) is 0.650. The minimum Gasteiger partial charge on any atom is -0.497 e. The number of hydrogen-bond acceptors (Lipinski definition) is 3. The second kappa shape index (κ2) is 7.56. The van der Waals surface area contributed by atoms with E-state index in [4.69, 9.17) is 4.74 Å². The van der Waals surface area contributed by atoms with E-state index in [-0.39, 0.29) is 11.9 Å². The van der Waals surface area contributed by atoms with E-state index in [1.54, 1.807) is 7.11 Å². The van der Waals surface area contributed by atoms with Gasteiger partial charge in [-0.1, -0.05) is 25.8 Å². The molecule has 4 heteroatoms. The quantitative estimate of drug-likeness (QED) is 0.922. The summed E-state index contributed by atoms with van der Waals surface area (Å²) in [5, 5.41) is 3.31. The maximum absolute atomic E-state index is 12.7. The molecule has 0 saturated heterocycles. The molecule has 3 atom stereocenters. The summed E-state index contributed by atoms with van der Waals surface area (Å²) >= 11 is 0. The molecule has 1 aromatic carbocycles. The molecule has 3 unspecified atom stereocenters. The molecule has 1 aliphatic heterocycles. The van der Waals surface area contributed by atoms with Gasteiger partial charge in [0.15, 0.2) is 0 Å². The standard InChI is InChI=1S/C20H30N2O2/c1-14-6-4-5-7-19(14)21-20(23)15(2)22-11-10-16-8-9-18(24-3)12-17(16)13-22/h8-9,12,14-15,19H,4-7,10-11,13H2,1-3H3,(H,21,23). The Labute approximate surface area is 145 Å². The van der Waals surface area contributed by atoms with Crippen molar-refractivity contribution in [3.05, 3.63) is 29.3 Å². The van der Waals surface area contributed by atoms with E-state index >= 15 is 0 Å². The van der Waals surface area contributed by atoms with Crippen molar-refractivity contribution in [2.75, 3.05) is 13.7 Å². The highest BCUT2D eigenvalue weighted by Gasteiger charge is 2.29. The summed E-state index contributed by atoms with van der Waals surface area (Å²) in [5.74, 6) is 1.67. The third-order valence-corrected chi connectivity index (χ3v) is 5.82. The minimum atomic E-state index is -0.0847. The molecule has 1 amide bonds. The van der Waals surface area contributed by atoms with Crippen molar-refractivity contribution in [3.63, 3.8) is 0 Å². The molecule has 2 aliphatic rings. The van der Waals surface area contributed by atoms with Crippen LogP contribution in [0, 0.1) is 5.92 Å². The summed E-state index contributed by atoms with van der Waals surface area (Å²) in [4.78, 5) is 15.0. The third kappa shape index (κ3) is 3.75. The van der Waals surface area contributed by atoms with Gasteiger partial charge in [-0.25, -0.2) is 0 Å². The molecular weight excluding hydrogens is 300 g/mol. The molecule has 1 aliphatic carbocycles. The first-order chi connectivity index (χ1) is 11.6. The predicted octanol–water partition coefficient (Wildman–Crippen LogP) is 3.14. The summed E-state index contributed by atoms with van der Waals surface area (Å²) in [6.45, 7) is 6.06. The average Bonchev–Trinajstić information content (AvgIpc) is 2.62. The Hall–Kier alpha value is -1.55. The summed E-state index contributed by atoms with van der Waals surface area (Å²) in [6.07, 6.45) is 5.89. The first-order valence-corrected chi connectivity index (χ1v) is 9.28. The van der Waals surface area contributed by atoms with Crippen LogP contribution in [0.3, 0.4) is 0 Å². The molecule has 1 aromatic rings. The van der Waals surface area contributed by atoms with Crippen LogP contribution < -0.4 is 10.1 Å². The van der Waals surface area contributed by atoms with Gasteiger partial charge in [0.2, 0.25) is 5.91 Å². The summed E-state index contributed by atoms with van der Waals surface area (Å²) in [5.41, 5.74) is 2.66. The van der Waals surface area contributed by atoms with Gasteiger partial charge in [0.25, 0.3) is 0 Å². The first kappa shape index (κ1) is 17.3. The number of methoxy groups -OCH3 is 1. The van der Waals surface area contributed by atoms with Crippen LogP contribution in [0.5, 0.6) is 5.75 Å². The minimum absolute atomic E-state index is 0.0847. The van der Waals surface area contributed by atoms with Crippen LogP contribution in [0.2, 0.25) is 0 Å². The largest absolute Gasteiger partial charge is 0.497 e. The van der Waals surface area contributed by atoms with Crippen molar-refractivity contribution in [2.24, 2.45) is 5.92 Å². The number of rotatable bonds is 4. The number of benzene rings is 1. The Kier molecular flexibility index (Phi) is 5.44. The van der Waals surface area contributed by atoms with Gasteiger partial charge >= 0.3 is 0 Å². The zero-order chi connectivity index (χ0) is 17.1. The van der Waals surface area contributed by atoms with Gasteiger partial charge in [-0.3, -0.25) is 9.69 Å². The molecule has 1 fully saturated rings. The van der Waals surface area contributed by atoms with E-state index in [9.17, 15) is 4.79 Å². The van der Waals surface area contributed by atoms with Gasteiger partial charge in [0.1, 0.15) is 5.75 Å². The summed E-state index contributed by atoms with van der Waals surface area (Å²) < 4.78 is 5.34. The van der Waals surface area contributed by atoms with Crippen LogP contribution >= 0.6 is 0 Å². The van der Waals surface area contributed by atoms with Gasteiger partial charge in [-0.2, -0.15) is 0 Å². The van der Waals surface area contributed by atoms with Crippen molar-refractivity contribution >= 4 is 5.91 Å². The van der Waals surface area contributed by atoms with Crippen molar-refractivity contribution in [1.82, 2.24) is 10.2 Å². The van der Waals surface area contributed by atoms with E-state index in [0.717, 1.165) is 31.7 Å². The zero-order valence-electron chi connectivity index (χ0n) is 15.2. The third-order valence-electron chi connectivity index (χ3n) is 5.82. The van der Waals surface area contributed by atoms with E-state index in [0.29, 0.717) is 12.0 Å². The van der Waals surface area contributed by atoms with Crippen molar-refractivity contribution in [3.8, 4) is 5.75 Å². The second-order valence-electron chi connectivity index (χ2n) is 7.41. The van der Waals surface area contributed by atoms with Crippen LogP contribution in [0.4, 0.5) is 0 Å². The molecular formula is C20H30N2O2. The number of carbonyl (C=O) groups excluding carboxylic acids is 1. The number of carbonyl (C=O) groups is 1. The number of nitrogens with zero attached hydrogens (tertiary/aromatic N) is 1. The van der Waals surface area contributed by atoms with Crippen LogP contribution in [-0.4, -0.2) is 36.5 Å². The van der Waals surface area contributed by atoms with Crippen LogP contribution in [0.25, 0.3) is 0 Å². The molecule has 1 N–H and O–H groups in total. The lowest BCUT2D eigenvalue weighted by Gasteiger charge is -2.35. The normalized spacial score (nSPS) is 25.6. The Bertz CT molecular complexity index is 587. The highest BCUT2D eigenvalue weighted by molar-refractivity contribution is 5.81. The average molecular weight is 330 g/mol. The smallest absolute Gasteiger partial charge is 0.237 e. The predicted molar refractivity (Wildman–Crippen MR) is 96.1 cm³/mol. The van der Waals surface area contributed by atoms with Crippen molar-refractivity contribution in [2.45, 2.75) is 64.6 Å². The first-order valence-electron chi connectivity index (χ1n) is 9.28. The molecule has 24 heavy (non-hydrogen) atoms. The molecule has 1 saturated carbocycles. The molecule has 0 aromatic heterocycles. The number of hydrogen-bond donors (Lipinski definition) is 1. The number of ether oxygens (including phenoxy) is 1. The Balaban J connectivity index is 1.62. The maximum Gasteiger partial charge on any atom is 0.237 e. The number of nitrogens with one attached hydrogen (secondary N) is 1. The Morgan fingerprint density at radius 2 is 2.08 bits per heavy atom. The van der Waals surface area contributed by atoms with Gasteiger partial charge in [-0.05, 0) is 55.4 Å². The molecule has 0 spiro atoms. The van der Waals surface area contributed by atoms with Crippen LogP contribution in [0.15, 0.2) is 18.2 Å². The molecule has 0 bridgehead atoms. The number of fused-ring (bicyclic) bond motifs is 1. The second-order valence-corrected chi connectivity index (χ2v) is 7.41. The topological polar surface area (TPSA) is 41.6 Å². The van der Waals surface area contributed by atoms with Gasteiger partial charge < -0.3 is 10.1 Å². The lowest BCUT2D eigenvalue weighted by molar-refractivity contribution is -0.127. The summed E-state index contributed by atoms with van der Waals surface area (Å²) in [6, 6.07) is 6.55. The van der Waals surface area contributed by atoms with Crippen LogP contribution in [-0.2, 0) is 17.8 Å². The Morgan fingerprint density at radius 3 is 2.83 bits per heavy atom. The van der Waals surface area contributed by atoms with E-state index in [2.05, 4.69) is 29.3 Å². The maximum atomic E-state index is 12.7. The Morgan fingerprint density at radius 1 is 1.29 bits per heavy atom. The molecule has 3 rings (SSSR count). The lowest BCUT2D eigenvalue weighted by atomic mass is 9.86. The molecule has 1 heterocycles. The van der Waals surface area contributed by atoms with Crippen molar-refractivity contribution in [1.29, 1.82) is 0 Å². The van der Waals surface area contributed by atoms with Gasteiger partial charge in [-0.15, -0.1) is 0 Å². The van der Waals surface area contributed by atoms with Crippen molar-refractivity contribution < 1.29 is 9.53 Å². The summed E-state index contributed by atoms with van der Waals surface area (Å²) in [7, 11) is 1.70. The lowest BCUT2D eigenvalue weighted by Crippen LogP contribution is -2.51. The monoisotopic (exact) mass is 330 g/mol. The van der Waals surface area contributed by atoms with Gasteiger partial charge in [0.05, 0.1) is 13.2 Å². The zero-order valence-corrected chi connectivity index (χ0v) is 15.2. The van der Waals surface area contributed by atoms with E-state index < -0.39 is 0 Å². The molecule has 0 radical (unpaired) electrons. The highest BCUT2D eigenvalue weighted by Crippen LogP contribution is 2.26. The fourth-order valence-electron chi connectivity index (χ4n) is 4.01. The van der Waals surface area contributed by atoms with Crippen LogP contribution in [0.1, 0.15) is 50.7 Å². The SMILES string of the molecule is COc1ccc2c(c1)CN(C(C)C(=O)NC1CCCCC1C)CC2. The van der Waals surface area contributed by atoms with E-state index in [1.807, 2.05) is 13.0 Å². The molecule has 4 nitrogen and oxygen atoms in total.